The second kappa shape index (κ2) is 6.44. The maximum absolute atomic E-state index is 11.9. The molecule has 1 aliphatic rings. The lowest BCUT2D eigenvalue weighted by Crippen LogP contribution is -2.44. The Labute approximate surface area is 101 Å². The number of likely N-dealkylation sites (tertiary alicyclic amines) is 1. The third kappa shape index (κ3) is 3.89. The summed E-state index contributed by atoms with van der Waals surface area (Å²) in [4.78, 5) is 24.6. The topological polar surface area (TPSA) is 84.7 Å². The SMILES string of the molecule is CCC[C@H](N)C(=O)N1CCC(NC(=O)OC)C1. The van der Waals surface area contributed by atoms with Gasteiger partial charge in [-0.2, -0.15) is 0 Å². The Morgan fingerprint density at radius 1 is 1.59 bits per heavy atom. The van der Waals surface area contributed by atoms with Crippen molar-refractivity contribution in [2.24, 2.45) is 5.73 Å². The lowest BCUT2D eigenvalue weighted by atomic mass is 10.1. The summed E-state index contributed by atoms with van der Waals surface area (Å²) in [5, 5.41) is 2.69. The van der Waals surface area contributed by atoms with Crippen LogP contribution in [0.5, 0.6) is 0 Å². The van der Waals surface area contributed by atoms with Gasteiger partial charge in [-0.3, -0.25) is 4.79 Å². The quantitative estimate of drug-likeness (QED) is 0.732. The van der Waals surface area contributed by atoms with E-state index >= 15 is 0 Å². The van der Waals surface area contributed by atoms with Crippen molar-refractivity contribution in [3.05, 3.63) is 0 Å². The molecule has 0 aromatic heterocycles. The van der Waals surface area contributed by atoms with E-state index in [0.29, 0.717) is 19.5 Å². The summed E-state index contributed by atoms with van der Waals surface area (Å²) < 4.78 is 4.52. The Hall–Kier alpha value is -1.30. The van der Waals surface area contributed by atoms with Crippen LogP contribution in [0.1, 0.15) is 26.2 Å². The van der Waals surface area contributed by atoms with Gasteiger partial charge in [0.2, 0.25) is 5.91 Å². The Morgan fingerprint density at radius 2 is 2.29 bits per heavy atom. The van der Waals surface area contributed by atoms with E-state index in [1.807, 2.05) is 6.92 Å². The van der Waals surface area contributed by atoms with Gasteiger partial charge >= 0.3 is 6.09 Å². The maximum Gasteiger partial charge on any atom is 0.407 e. The lowest BCUT2D eigenvalue weighted by molar-refractivity contribution is -0.131. The number of nitrogens with two attached hydrogens (primary N) is 1. The number of alkyl carbamates (subject to hydrolysis) is 1. The predicted molar refractivity (Wildman–Crippen MR) is 63.4 cm³/mol. The maximum atomic E-state index is 11.9. The van der Waals surface area contributed by atoms with Gasteiger partial charge in [-0.1, -0.05) is 13.3 Å². The highest BCUT2D eigenvalue weighted by atomic mass is 16.5. The molecular weight excluding hydrogens is 222 g/mol. The summed E-state index contributed by atoms with van der Waals surface area (Å²) in [5.74, 6) is -0.0268. The third-order valence-electron chi connectivity index (χ3n) is 2.92. The number of nitrogens with one attached hydrogen (secondary N) is 1. The molecule has 6 nitrogen and oxygen atoms in total. The molecule has 1 heterocycles. The standard InChI is InChI=1S/C11H21N3O3/c1-3-4-9(12)10(15)14-6-5-8(7-14)13-11(16)17-2/h8-9H,3-7,12H2,1-2H3,(H,13,16)/t8?,9-/m0/s1. The first-order valence-corrected chi connectivity index (χ1v) is 5.97. The molecule has 6 heteroatoms. The van der Waals surface area contributed by atoms with Gasteiger partial charge in [-0.15, -0.1) is 0 Å². The zero-order chi connectivity index (χ0) is 12.8. The minimum atomic E-state index is -0.456. The zero-order valence-electron chi connectivity index (χ0n) is 10.4. The summed E-state index contributed by atoms with van der Waals surface area (Å²) in [6.07, 6.45) is 1.89. The molecule has 0 radical (unpaired) electrons. The van der Waals surface area contributed by atoms with E-state index in [-0.39, 0.29) is 11.9 Å². The van der Waals surface area contributed by atoms with Crippen molar-refractivity contribution >= 4 is 12.0 Å². The summed E-state index contributed by atoms with van der Waals surface area (Å²) >= 11 is 0. The minimum Gasteiger partial charge on any atom is -0.453 e. The Morgan fingerprint density at radius 3 is 2.88 bits per heavy atom. The predicted octanol–water partition coefficient (Wildman–Crippen LogP) is 0.0707. The molecule has 0 saturated carbocycles. The van der Waals surface area contributed by atoms with Gasteiger partial charge in [0.25, 0.3) is 0 Å². The van der Waals surface area contributed by atoms with Crippen LogP contribution in [0.4, 0.5) is 4.79 Å². The summed E-state index contributed by atoms with van der Waals surface area (Å²) in [7, 11) is 1.32. The van der Waals surface area contributed by atoms with Crippen LogP contribution in [-0.4, -0.2) is 49.2 Å². The third-order valence-corrected chi connectivity index (χ3v) is 2.92. The molecule has 1 fully saturated rings. The number of ether oxygens (including phenoxy) is 1. The fraction of sp³-hybridized carbons (Fsp3) is 0.818. The van der Waals surface area contributed by atoms with Crippen LogP contribution < -0.4 is 11.1 Å². The molecule has 1 aliphatic heterocycles. The molecule has 2 amide bonds. The van der Waals surface area contributed by atoms with Crippen LogP contribution >= 0.6 is 0 Å². The van der Waals surface area contributed by atoms with Crippen LogP contribution in [0.15, 0.2) is 0 Å². The van der Waals surface area contributed by atoms with Gasteiger partial charge in [0.15, 0.2) is 0 Å². The molecule has 0 aromatic rings. The van der Waals surface area contributed by atoms with Crippen molar-refractivity contribution in [2.45, 2.75) is 38.3 Å². The first kappa shape index (κ1) is 13.8. The number of carbonyl (C=O) groups is 2. The molecule has 1 rings (SSSR count). The lowest BCUT2D eigenvalue weighted by Gasteiger charge is -2.20. The number of carbonyl (C=O) groups excluding carboxylic acids is 2. The second-order valence-electron chi connectivity index (χ2n) is 4.30. The summed E-state index contributed by atoms with van der Waals surface area (Å²) in [6, 6.07) is -0.447. The number of amides is 2. The molecule has 1 saturated heterocycles. The van der Waals surface area contributed by atoms with E-state index in [1.165, 1.54) is 7.11 Å². The molecule has 0 aliphatic carbocycles. The van der Waals surface area contributed by atoms with Crippen molar-refractivity contribution in [1.29, 1.82) is 0 Å². The molecular formula is C11H21N3O3. The molecule has 2 atom stereocenters. The van der Waals surface area contributed by atoms with Gasteiger partial charge in [0.05, 0.1) is 19.2 Å². The fourth-order valence-electron chi connectivity index (χ4n) is 1.97. The average molecular weight is 243 g/mol. The first-order chi connectivity index (χ1) is 8.08. The molecule has 3 N–H and O–H groups in total. The van der Waals surface area contributed by atoms with Crippen molar-refractivity contribution < 1.29 is 14.3 Å². The Kier molecular flexibility index (Phi) is 5.21. The highest BCUT2D eigenvalue weighted by molar-refractivity contribution is 5.82. The van der Waals surface area contributed by atoms with Crippen LogP contribution in [0.25, 0.3) is 0 Å². The van der Waals surface area contributed by atoms with E-state index in [0.717, 1.165) is 12.8 Å². The van der Waals surface area contributed by atoms with Gasteiger partial charge in [0.1, 0.15) is 0 Å². The molecule has 0 bridgehead atoms. The Bertz CT molecular complexity index is 283. The van der Waals surface area contributed by atoms with Crippen LogP contribution in [0.3, 0.4) is 0 Å². The monoisotopic (exact) mass is 243 g/mol. The smallest absolute Gasteiger partial charge is 0.407 e. The van der Waals surface area contributed by atoms with Crippen LogP contribution in [-0.2, 0) is 9.53 Å². The average Bonchev–Trinajstić information content (AvgIpc) is 2.76. The van der Waals surface area contributed by atoms with Gasteiger partial charge < -0.3 is 20.7 Å². The number of hydrogen-bond donors (Lipinski definition) is 2. The fourth-order valence-corrected chi connectivity index (χ4v) is 1.97. The van der Waals surface area contributed by atoms with E-state index in [4.69, 9.17) is 5.73 Å². The van der Waals surface area contributed by atoms with E-state index in [9.17, 15) is 9.59 Å². The molecule has 1 unspecified atom stereocenters. The zero-order valence-corrected chi connectivity index (χ0v) is 10.4. The normalized spacial score (nSPS) is 21.1. The van der Waals surface area contributed by atoms with Gasteiger partial charge in [-0.05, 0) is 12.8 Å². The first-order valence-electron chi connectivity index (χ1n) is 5.97. The van der Waals surface area contributed by atoms with Crippen LogP contribution in [0.2, 0.25) is 0 Å². The second-order valence-corrected chi connectivity index (χ2v) is 4.30. The summed E-state index contributed by atoms with van der Waals surface area (Å²) in [6.45, 7) is 3.16. The number of methoxy groups -OCH3 is 1. The van der Waals surface area contributed by atoms with Gasteiger partial charge in [0, 0.05) is 13.1 Å². The Balaban J connectivity index is 2.39. The van der Waals surface area contributed by atoms with Crippen LogP contribution in [0, 0.1) is 0 Å². The van der Waals surface area contributed by atoms with E-state index < -0.39 is 12.1 Å². The largest absolute Gasteiger partial charge is 0.453 e. The highest BCUT2D eigenvalue weighted by Crippen LogP contribution is 2.11. The minimum absolute atomic E-state index is 0.0268. The molecule has 17 heavy (non-hydrogen) atoms. The van der Waals surface area contributed by atoms with Gasteiger partial charge in [-0.25, -0.2) is 4.79 Å². The highest BCUT2D eigenvalue weighted by Gasteiger charge is 2.29. The number of rotatable bonds is 4. The van der Waals surface area contributed by atoms with E-state index in [2.05, 4.69) is 10.1 Å². The van der Waals surface area contributed by atoms with Crippen molar-refractivity contribution in [3.63, 3.8) is 0 Å². The van der Waals surface area contributed by atoms with E-state index in [1.54, 1.807) is 4.90 Å². The summed E-state index contributed by atoms with van der Waals surface area (Å²) in [5.41, 5.74) is 5.78. The van der Waals surface area contributed by atoms with Crippen molar-refractivity contribution in [2.75, 3.05) is 20.2 Å². The molecule has 98 valence electrons. The van der Waals surface area contributed by atoms with Crippen molar-refractivity contribution in [1.82, 2.24) is 10.2 Å². The molecule has 0 spiro atoms. The number of nitrogens with zero attached hydrogens (tertiary/aromatic N) is 1. The molecule has 0 aromatic carbocycles. The van der Waals surface area contributed by atoms with Crippen molar-refractivity contribution in [3.8, 4) is 0 Å². The number of hydrogen-bond acceptors (Lipinski definition) is 4.